The molecule has 4 aromatic carbocycles. The van der Waals surface area contributed by atoms with Crippen LogP contribution < -0.4 is 10.1 Å². The number of hydrogen-bond donors (Lipinski definition) is 3. The van der Waals surface area contributed by atoms with E-state index < -0.39 is 11.9 Å². The third-order valence-electron chi connectivity index (χ3n) is 6.53. The molecule has 5 rings (SSSR count). The van der Waals surface area contributed by atoms with Crippen LogP contribution in [-0.2, 0) is 17.8 Å². The molecule has 192 valence electrons. The standard InChI is InChI=1S/C32H25N3O4/c33-18-25(31(36)34-16-15-24-19-35-29-8-4-3-7-27(24)29)17-28-26-6-2-1-5-22(26)13-14-30(28)39-20-21-9-11-23(12-10-21)32(37)38/h1-14,17,19,35H,15-16,20H2,(H,34,36)(H,37,38). The molecule has 0 aliphatic heterocycles. The van der Waals surface area contributed by atoms with E-state index >= 15 is 0 Å². The van der Waals surface area contributed by atoms with Gasteiger partial charge in [-0.05, 0) is 58.7 Å². The minimum atomic E-state index is -0.992. The fraction of sp³-hybridized carbons (Fsp3) is 0.0938. The third kappa shape index (κ3) is 5.65. The highest BCUT2D eigenvalue weighted by molar-refractivity contribution is 6.05. The number of carbonyl (C=O) groups excluding carboxylic acids is 1. The van der Waals surface area contributed by atoms with Gasteiger partial charge in [-0.1, -0.05) is 60.7 Å². The number of fused-ring (bicyclic) bond motifs is 2. The smallest absolute Gasteiger partial charge is 0.335 e. The van der Waals surface area contributed by atoms with Gasteiger partial charge in [0, 0.05) is 29.2 Å². The summed E-state index contributed by atoms with van der Waals surface area (Å²) in [5.74, 6) is -0.941. The van der Waals surface area contributed by atoms with Crippen LogP contribution in [0.15, 0.2) is 96.7 Å². The second-order valence-corrected chi connectivity index (χ2v) is 9.02. The number of H-pyrrole nitrogens is 1. The first kappa shape index (κ1) is 25.3. The van der Waals surface area contributed by atoms with Gasteiger partial charge in [0.05, 0.1) is 5.56 Å². The van der Waals surface area contributed by atoms with Gasteiger partial charge in [-0.15, -0.1) is 0 Å². The van der Waals surface area contributed by atoms with Gasteiger partial charge in [0.1, 0.15) is 24.0 Å². The fourth-order valence-corrected chi connectivity index (χ4v) is 4.49. The predicted molar refractivity (Wildman–Crippen MR) is 150 cm³/mol. The van der Waals surface area contributed by atoms with Gasteiger partial charge in [0.15, 0.2) is 0 Å². The Labute approximate surface area is 225 Å². The summed E-state index contributed by atoms with van der Waals surface area (Å²) >= 11 is 0. The third-order valence-corrected chi connectivity index (χ3v) is 6.53. The van der Waals surface area contributed by atoms with Crippen molar-refractivity contribution >= 4 is 39.6 Å². The van der Waals surface area contributed by atoms with Crippen molar-refractivity contribution in [2.75, 3.05) is 6.54 Å². The molecule has 1 heterocycles. The van der Waals surface area contributed by atoms with Crippen molar-refractivity contribution in [2.24, 2.45) is 0 Å². The molecule has 1 aromatic heterocycles. The van der Waals surface area contributed by atoms with Crippen LogP contribution >= 0.6 is 0 Å². The summed E-state index contributed by atoms with van der Waals surface area (Å²) in [6, 6.07) is 27.9. The van der Waals surface area contributed by atoms with Crippen molar-refractivity contribution in [1.82, 2.24) is 10.3 Å². The summed E-state index contributed by atoms with van der Waals surface area (Å²) in [6.45, 7) is 0.572. The highest BCUT2D eigenvalue weighted by atomic mass is 16.5. The minimum Gasteiger partial charge on any atom is -0.488 e. The molecular formula is C32H25N3O4. The topological polar surface area (TPSA) is 115 Å². The van der Waals surface area contributed by atoms with Crippen LogP contribution in [0.1, 0.15) is 27.0 Å². The summed E-state index contributed by atoms with van der Waals surface area (Å²) in [5.41, 5.74) is 3.72. The lowest BCUT2D eigenvalue weighted by Gasteiger charge is -2.13. The Kier molecular flexibility index (Phi) is 7.37. The second kappa shape index (κ2) is 11.4. The lowest BCUT2D eigenvalue weighted by molar-refractivity contribution is -0.117. The quantitative estimate of drug-likeness (QED) is 0.168. The number of benzene rings is 4. The molecule has 7 nitrogen and oxygen atoms in total. The monoisotopic (exact) mass is 515 g/mol. The highest BCUT2D eigenvalue weighted by Crippen LogP contribution is 2.31. The van der Waals surface area contributed by atoms with E-state index in [2.05, 4.69) is 10.3 Å². The molecule has 0 saturated carbocycles. The van der Waals surface area contributed by atoms with E-state index in [1.54, 1.807) is 18.2 Å². The zero-order valence-electron chi connectivity index (χ0n) is 21.0. The maximum atomic E-state index is 13.0. The number of nitrogens with one attached hydrogen (secondary N) is 2. The zero-order valence-corrected chi connectivity index (χ0v) is 21.0. The number of para-hydroxylation sites is 1. The number of carbonyl (C=O) groups is 2. The molecule has 0 spiro atoms. The lowest BCUT2D eigenvalue weighted by atomic mass is 10.0. The Morgan fingerprint density at radius 2 is 1.69 bits per heavy atom. The second-order valence-electron chi connectivity index (χ2n) is 9.02. The van der Waals surface area contributed by atoms with E-state index in [0.717, 1.165) is 32.8 Å². The molecule has 5 aromatic rings. The Morgan fingerprint density at radius 3 is 2.46 bits per heavy atom. The summed E-state index contributed by atoms with van der Waals surface area (Å²) in [4.78, 5) is 27.3. The summed E-state index contributed by atoms with van der Waals surface area (Å²) < 4.78 is 6.09. The zero-order chi connectivity index (χ0) is 27.2. The fourth-order valence-electron chi connectivity index (χ4n) is 4.49. The number of carboxylic acid groups (broad SMARTS) is 1. The molecule has 0 aliphatic carbocycles. The Bertz CT molecular complexity index is 1740. The van der Waals surface area contributed by atoms with Crippen molar-refractivity contribution in [3.63, 3.8) is 0 Å². The summed E-state index contributed by atoms with van der Waals surface area (Å²) in [5, 5.41) is 24.7. The van der Waals surface area contributed by atoms with Gasteiger partial charge in [-0.3, -0.25) is 4.79 Å². The Hall–Kier alpha value is -5.35. The number of amides is 1. The number of aromatic amines is 1. The number of ether oxygens (including phenoxy) is 1. The molecule has 0 aliphatic rings. The van der Waals surface area contributed by atoms with Crippen molar-refractivity contribution in [1.29, 1.82) is 5.26 Å². The van der Waals surface area contributed by atoms with E-state index in [-0.39, 0.29) is 17.7 Å². The van der Waals surface area contributed by atoms with E-state index in [4.69, 9.17) is 9.84 Å². The summed E-state index contributed by atoms with van der Waals surface area (Å²) in [6.07, 6.45) is 4.12. The van der Waals surface area contributed by atoms with Gasteiger partial charge in [-0.2, -0.15) is 5.26 Å². The highest BCUT2D eigenvalue weighted by Gasteiger charge is 2.14. The molecule has 7 heteroatoms. The normalized spacial score (nSPS) is 11.3. The van der Waals surface area contributed by atoms with Crippen molar-refractivity contribution in [2.45, 2.75) is 13.0 Å². The molecular weight excluding hydrogens is 490 g/mol. The first-order valence-corrected chi connectivity index (χ1v) is 12.5. The number of rotatable bonds is 9. The largest absolute Gasteiger partial charge is 0.488 e. The van der Waals surface area contributed by atoms with Crippen LogP contribution in [0.2, 0.25) is 0 Å². The number of aromatic carboxylic acids is 1. The molecule has 0 atom stereocenters. The first-order valence-electron chi connectivity index (χ1n) is 12.5. The average molecular weight is 516 g/mol. The SMILES string of the molecule is N#CC(=Cc1c(OCc2ccc(C(=O)O)cc2)ccc2ccccc12)C(=O)NCCc1c[nH]c2ccccc12. The van der Waals surface area contributed by atoms with Gasteiger partial charge in [0.2, 0.25) is 0 Å². The number of nitrogens with zero attached hydrogens (tertiary/aromatic N) is 1. The lowest BCUT2D eigenvalue weighted by Crippen LogP contribution is -2.26. The van der Waals surface area contributed by atoms with Gasteiger partial charge < -0.3 is 20.1 Å². The van der Waals surface area contributed by atoms with Gasteiger partial charge in [0.25, 0.3) is 5.91 Å². The maximum Gasteiger partial charge on any atom is 0.335 e. The molecule has 0 bridgehead atoms. The number of carboxylic acids is 1. The van der Waals surface area contributed by atoms with E-state index in [1.165, 1.54) is 12.1 Å². The van der Waals surface area contributed by atoms with Crippen molar-refractivity contribution in [3.8, 4) is 11.8 Å². The molecule has 0 saturated heterocycles. The molecule has 0 fully saturated rings. The van der Waals surface area contributed by atoms with E-state index in [1.807, 2.05) is 72.9 Å². The Balaban J connectivity index is 1.36. The number of aromatic nitrogens is 1. The summed E-state index contributed by atoms with van der Waals surface area (Å²) in [7, 11) is 0. The van der Waals surface area contributed by atoms with Crippen LogP contribution in [0.3, 0.4) is 0 Å². The molecule has 0 unspecified atom stereocenters. The molecule has 1 amide bonds. The van der Waals surface area contributed by atoms with E-state index in [0.29, 0.717) is 24.3 Å². The van der Waals surface area contributed by atoms with Crippen molar-refractivity contribution in [3.05, 3.63) is 119 Å². The van der Waals surface area contributed by atoms with Gasteiger partial charge >= 0.3 is 5.97 Å². The molecule has 39 heavy (non-hydrogen) atoms. The average Bonchev–Trinajstić information content (AvgIpc) is 3.38. The molecule has 0 radical (unpaired) electrons. The van der Waals surface area contributed by atoms with Crippen LogP contribution in [0.25, 0.3) is 27.8 Å². The van der Waals surface area contributed by atoms with Crippen molar-refractivity contribution < 1.29 is 19.4 Å². The predicted octanol–water partition coefficient (Wildman–Crippen LogP) is 5.86. The minimum absolute atomic E-state index is 0.0269. The number of hydrogen-bond acceptors (Lipinski definition) is 4. The van der Waals surface area contributed by atoms with Crippen LogP contribution in [0.5, 0.6) is 5.75 Å². The van der Waals surface area contributed by atoms with Crippen LogP contribution in [-0.4, -0.2) is 28.5 Å². The van der Waals surface area contributed by atoms with Gasteiger partial charge in [-0.25, -0.2) is 4.79 Å². The maximum absolute atomic E-state index is 13.0. The van der Waals surface area contributed by atoms with Crippen LogP contribution in [0.4, 0.5) is 0 Å². The van der Waals surface area contributed by atoms with E-state index in [9.17, 15) is 14.9 Å². The number of nitriles is 1. The molecule has 3 N–H and O–H groups in total. The van der Waals surface area contributed by atoms with Crippen LogP contribution in [0, 0.1) is 11.3 Å². The first-order chi connectivity index (χ1) is 19.0. The Morgan fingerprint density at radius 1 is 0.949 bits per heavy atom.